The minimum absolute atomic E-state index is 0.286. The van der Waals surface area contributed by atoms with E-state index in [2.05, 4.69) is 0 Å². The molecule has 1 N–H and O–H groups in total. The van der Waals surface area contributed by atoms with Gasteiger partial charge in [0.15, 0.2) is 0 Å². The van der Waals surface area contributed by atoms with Crippen LogP contribution in [0.1, 0.15) is 40.5 Å². The highest BCUT2D eigenvalue weighted by Crippen LogP contribution is 2.48. The van der Waals surface area contributed by atoms with Crippen molar-refractivity contribution < 1.29 is 18.8 Å². The van der Waals surface area contributed by atoms with Gasteiger partial charge in [-0.3, -0.25) is 9.00 Å². The first-order valence-electron chi connectivity index (χ1n) is 6.75. The van der Waals surface area contributed by atoms with Gasteiger partial charge in [0.05, 0.1) is 12.5 Å². The van der Waals surface area contributed by atoms with Gasteiger partial charge < -0.3 is 9.84 Å². The first-order valence-corrected chi connectivity index (χ1v) is 9.05. The molecular weight excluding hydrogens is 284 g/mol. The predicted octanol–water partition coefficient (Wildman–Crippen LogP) is 1.93. The van der Waals surface area contributed by atoms with Crippen molar-refractivity contribution in [2.75, 3.05) is 18.1 Å². The Morgan fingerprint density at radius 1 is 1.58 bits per heavy atom. The van der Waals surface area contributed by atoms with Gasteiger partial charge in [-0.15, -0.1) is 11.8 Å². The molecule has 1 saturated heterocycles. The number of ether oxygens (including phenoxy) is 1. The summed E-state index contributed by atoms with van der Waals surface area (Å²) < 4.78 is 16.7. The van der Waals surface area contributed by atoms with Crippen LogP contribution >= 0.6 is 11.8 Å². The minimum Gasteiger partial charge on any atom is -0.466 e. The van der Waals surface area contributed by atoms with Crippen LogP contribution in [0, 0.1) is 5.92 Å². The number of hydrogen-bond donors (Lipinski definition) is 1. The van der Waals surface area contributed by atoms with E-state index in [1.54, 1.807) is 20.8 Å². The van der Waals surface area contributed by atoms with Gasteiger partial charge in [0.2, 0.25) is 0 Å². The third kappa shape index (κ3) is 3.00. The lowest BCUT2D eigenvalue weighted by Crippen LogP contribution is -2.59. The normalized spacial score (nSPS) is 32.4. The minimum atomic E-state index is -1.34. The molecule has 0 saturated carbocycles. The van der Waals surface area contributed by atoms with E-state index in [-0.39, 0.29) is 6.61 Å². The zero-order valence-corrected chi connectivity index (χ0v) is 13.7. The van der Waals surface area contributed by atoms with E-state index in [4.69, 9.17) is 4.74 Å². The lowest BCUT2D eigenvalue weighted by Gasteiger charge is -2.47. The second-order valence-corrected chi connectivity index (χ2v) is 8.43. The molecule has 1 heterocycles. The van der Waals surface area contributed by atoms with Gasteiger partial charge in [0.25, 0.3) is 0 Å². The standard InChI is InChI=1S/C13H24O4S2/c1-5-13(18-8-7-9-19(13)16)12(4,15)10(3)11(14)17-6-2/h10,15H,5-9H2,1-4H3/t10-,12-,13-,19?/m1/s1. The molecular formula is C13H24O4S2. The molecule has 1 aliphatic rings. The number of carbonyl (C=O) groups is 1. The number of rotatable bonds is 5. The molecule has 0 aromatic carbocycles. The summed E-state index contributed by atoms with van der Waals surface area (Å²) in [5, 5.41) is 10.9. The zero-order chi connectivity index (χ0) is 14.7. The summed E-state index contributed by atoms with van der Waals surface area (Å²) in [5.74, 6) is 0.336. The maximum Gasteiger partial charge on any atom is 0.311 e. The monoisotopic (exact) mass is 308 g/mol. The predicted molar refractivity (Wildman–Crippen MR) is 79.5 cm³/mol. The van der Waals surface area contributed by atoms with E-state index in [0.29, 0.717) is 12.2 Å². The number of aliphatic hydroxyl groups is 1. The molecule has 1 rings (SSSR count). The Bertz CT molecular complexity index is 357. The fourth-order valence-corrected chi connectivity index (χ4v) is 6.68. The van der Waals surface area contributed by atoms with E-state index >= 15 is 0 Å². The van der Waals surface area contributed by atoms with Crippen LogP contribution in [-0.2, 0) is 20.3 Å². The summed E-state index contributed by atoms with van der Waals surface area (Å²) in [6, 6.07) is 0. The van der Waals surface area contributed by atoms with Crippen LogP contribution in [0.3, 0.4) is 0 Å². The van der Waals surface area contributed by atoms with Crippen LogP contribution in [-0.4, -0.2) is 43.1 Å². The molecule has 4 atom stereocenters. The Morgan fingerprint density at radius 2 is 2.21 bits per heavy atom. The quantitative estimate of drug-likeness (QED) is 0.786. The molecule has 0 aromatic heterocycles. The lowest BCUT2D eigenvalue weighted by molar-refractivity contribution is -0.156. The van der Waals surface area contributed by atoms with Crippen LogP contribution in [0.2, 0.25) is 0 Å². The molecule has 0 aliphatic carbocycles. The van der Waals surface area contributed by atoms with Crippen molar-refractivity contribution in [1.82, 2.24) is 0 Å². The van der Waals surface area contributed by atoms with Crippen molar-refractivity contribution in [3.05, 3.63) is 0 Å². The molecule has 0 bridgehead atoms. The first-order chi connectivity index (χ1) is 8.83. The van der Waals surface area contributed by atoms with E-state index < -0.39 is 32.4 Å². The van der Waals surface area contributed by atoms with E-state index in [0.717, 1.165) is 12.2 Å². The van der Waals surface area contributed by atoms with Gasteiger partial charge in [-0.2, -0.15) is 0 Å². The SMILES string of the molecule is CCOC(=O)[C@@H](C)[C@@](C)(O)[C@]1(CC)SCCCS1=O. The molecule has 19 heavy (non-hydrogen) atoms. The molecule has 0 amide bonds. The van der Waals surface area contributed by atoms with Crippen LogP contribution < -0.4 is 0 Å². The summed E-state index contributed by atoms with van der Waals surface area (Å²) in [7, 11) is -1.14. The summed E-state index contributed by atoms with van der Waals surface area (Å²) >= 11 is 1.53. The van der Waals surface area contributed by atoms with Gasteiger partial charge in [-0.25, -0.2) is 0 Å². The Morgan fingerprint density at radius 3 is 2.68 bits per heavy atom. The number of carbonyl (C=O) groups excluding carboxylic acids is 1. The van der Waals surface area contributed by atoms with E-state index in [9.17, 15) is 14.1 Å². The van der Waals surface area contributed by atoms with E-state index in [1.165, 1.54) is 11.8 Å². The van der Waals surface area contributed by atoms with Crippen molar-refractivity contribution in [1.29, 1.82) is 0 Å². The Hall–Kier alpha value is -0.0700. The average Bonchev–Trinajstić information content (AvgIpc) is 2.38. The summed E-state index contributed by atoms with van der Waals surface area (Å²) in [5.41, 5.74) is -1.34. The lowest BCUT2D eigenvalue weighted by atomic mass is 9.85. The number of esters is 1. The summed E-state index contributed by atoms with van der Waals surface area (Å²) in [6.07, 6.45) is 1.46. The smallest absolute Gasteiger partial charge is 0.311 e. The Balaban J connectivity index is 3.06. The highest BCUT2D eigenvalue weighted by atomic mass is 32.2. The van der Waals surface area contributed by atoms with Crippen molar-refractivity contribution in [3.63, 3.8) is 0 Å². The zero-order valence-electron chi connectivity index (χ0n) is 12.1. The molecule has 1 unspecified atom stereocenters. The maximum atomic E-state index is 12.5. The molecule has 0 radical (unpaired) electrons. The fourth-order valence-electron chi connectivity index (χ4n) is 2.48. The molecule has 0 spiro atoms. The summed E-state index contributed by atoms with van der Waals surface area (Å²) in [6.45, 7) is 7.22. The topological polar surface area (TPSA) is 63.6 Å². The largest absolute Gasteiger partial charge is 0.466 e. The average molecular weight is 308 g/mol. The highest BCUT2D eigenvalue weighted by Gasteiger charge is 2.56. The van der Waals surface area contributed by atoms with Crippen LogP contribution in [0.25, 0.3) is 0 Å². The third-order valence-electron chi connectivity index (χ3n) is 3.90. The Kier molecular flexibility index (Phi) is 5.89. The number of thioether (sulfide) groups is 1. The van der Waals surface area contributed by atoms with Gasteiger partial charge in [-0.1, -0.05) is 6.92 Å². The van der Waals surface area contributed by atoms with Gasteiger partial charge >= 0.3 is 5.97 Å². The van der Waals surface area contributed by atoms with Crippen molar-refractivity contribution in [3.8, 4) is 0 Å². The van der Waals surface area contributed by atoms with Crippen molar-refractivity contribution >= 4 is 28.5 Å². The fraction of sp³-hybridized carbons (Fsp3) is 0.923. The van der Waals surface area contributed by atoms with Gasteiger partial charge in [0, 0.05) is 16.6 Å². The van der Waals surface area contributed by atoms with Crippen LogP contribution in [0.15, 0.2) is 0 Å². The van der Waals surface area contributed by atoms with Crippen molar-refractivity contribution in [2.45, 2.75) is 50.2 Å². The molecule has 112 valence electrons. The van der Waals surface area contributed by atoms with E-state index in [1.807, 2.05) is 6.92 Å². The molecule has 0 aromatic rings. The molecule has 1 aliphatic heterocycles. The second kappa shape index (κ2) is 6.59. The van der Waals surface area contributed by atoms with Crippen LogP contribution in [0.5, 0.6) is 0 Å². The first kappa shape index (κ1) is 17.0. The molecule has 6 heteroatoms. The number of hydrogen-bond acceptors (Lipinski definition) is 5. The van der Waals surface area contributed by atoms with Crippen LogP contribution in [0.4, 0.5) is 0 Å². The Labute approximate surface area is 122 Å². The highest BCUT2D eigenvalue weighted by molar-refractivity contribution is 8.13. The third-order valence-corrected chi connectivity index (χ3v) is 8.57. The van der Waals surface area contributed by atoms with Crippen molar-refractivity contribution in [2.24, 2.45) is 5.92 Å². The summed E-state index contributed by atoms with van der Waals surface area (Å²) in [4.78, 5) is 11.9. The molecule has 1 fully saturated rings. The maximum absolute atomic E-state index is 12.5. The van der Waals surface area contributed by atoms with Gasteiger partial charge in [-0.05, 0) is 39.4 Å². The second-order valence-electron chi connectivity index (χ2n) is 4.98. The van der Waals surface area contributed by atoms with Gasteiger partial charge in [0.1, 0.15) is 9.68 Å². The molecule has 4 nitrogen and oxygen atoms in total.